The van der Waals surface area contributed by atoms with E-state index in [0.717, 1.165) is 37.0 Å². The van der Waals surface area contributed by atoms with Crippen LogP contribution >= 0.6 is 11.3 Å². The zero-order chi connectivity index (χ0) is 23.3. The van der Waals surface area contributed by atoms with E-state index in [4.69, 9.17) is 4.74 Å². The van der Waals surface area contributed by atoms with Crippen LogP contribution in [-0.4, -0.2) is 36.0 Å². The van der Waals surface area contributed by atoms with E-state index in [1.54, 1.807) is 36.4 Å². The van der Waals surface area contributed by atoms with E-state index >= 15 is 0 Å². The van der Waals surface area contributed by atoms with E-state index in [0.29, 0.717) is 21.1 Å². The summed E-state index contributed by atoms with van der Waals surface area (Å²) in [6, 6.07) is 8.29. The van der Waals surface area contributed by atoms with Crippen molar-refractivity contribution < 1.29 is 27.5 Å². The molecule has 1 aromatic carbocycles. The predicted octanol–water partition coefficient (Wildman–Crippen LogP) is 5.15. The van der Waals surface area contributed by atoms with Gasteiger partial charge >= 0.3 is 12.1 Å². The third-order valence-corrected chi connectivity index (χ3v) is 6.61. The minimum absolute atomic E-state index is 0.0939. The average Bonchev–Trinajstić information content (AvgIpc) is 3.19. The molecular weight excluding hydrogens is 441 g/mol. The third kappa shape index (κ3) is 6.03. The molecule has 3 rings (SSSR count). The van der Waals surface area contributed by atoms with Crippen LogP contribution in [-0.2, 0) is 16.1 Å². The molecular formula is C23H27F3N2O3S. The van der Waals surface area contributed by atoms with Crippen LogP contribution in [0.4, 0.5) is 13.2 Å². The van der Waals surface area contributed by atoms with Crippen molar-refractivity contribution in [2.24, 2.45) is 0 Å². The fourth-order valence-electron chi connectivity index (χ4n) is 3.92. The minimum atomic E-state index is -5.11. The lowest BCUT2D eigenvalue weighted by molar-refractivity contribution is -0.189. The number of carbonyl (C=O) groups excluding carboxylic acids is 2. The molecule has 2 aromatic rings. The molecule has 1 atom stereocenters. The minimum Gasteiger partial charge on any atom is -0.497 e. The van der Waals surface area contributed by atoms with Crippen LogP contribution in [0, 0.1) is 6.92 Å². The quantitative estimate of drug-likeness (QED) is 0.612. The summed E-state index contributed by atoms with van der Waals surface area (Å²) >= 11 is 1.22. The highest BCUT2D eigenvalue weighted by Crippen LogP contribution is 2.33. The number of nitrogens with one attached hydrogen (secondary N) is 1. The lowest BCUT2D eigenvalue weighted by Crippen LogP contribution is -2.49. The molecule has 1 heterocycles. The van der Waals surface area contributed by atoms with Gasteiger partial charge in [0.1, 0.15) is 11.8 Å². The van der Waals surface area contributed by atoms with Crippen LogP contribution in [0.25, 0.3) is 0 Å². The normalized spacial score (nSPS) is 15.8. The maximum atomic E-state index is 13.6. The molecule has 2 amide bonds. The van der Waals surface area contributed by atoms with E-state index in [1.165, 1.54) is 18.4 Å². The Kier molecular flexibility index (Phi) is 7.82. The number of amides is 2. The van der Waals surface area contributed by atoms with E-state index in [-0.39, 0.29) is 12.6 Å². The number of halogens is 3. The maximum Gasteiger partial charge on any atom is 0.471 e. The number of rotatable bonds is 7. The Labute approximate surface area is 189 Å². The number of carbonyl (C=O) groups is 2. The summed E-state index contributed by atoms with van der Waals surface area (Å²) in [6.07, 6.45) is -0.533. The zero-order valence-electron chi connectivity index (χ0n) is 18.1. The second-order valence-corrected chi connectivity index (χ2v) is 9.29. The molecule has 1 aliphatic rings. The number of thiophene rings is 1. The number of nitrogens with zero attached hydrogens (tertiary/aromatic N) is 1. The lowest BCUT2D eigenvalue weighted by Gasteiger charge is -2.33. The van der Waals surface area contributed by atoms with Gasteiger partial charge in [0, 0.05) is 22.3 Å². The van der Waals surface area contributed by atoms with Gasteiger partial charge in [-0.1, -0.05) is 31.4 Å². The summed E-state index contributed by atoms with van der Waals surface area (Å²) in [5.41, 5.74) is 0.465. The van der Waals surface area contributed by atoms with Gasteiger partial charge in [-0.2, -0.15) is 13.2 Å². The Morgan fingerprint density at radius 3 is 2.31 bits per heavy atom. The van der Waals surface area contributed by atoms with Crippen molar-refractivity contribution in [2.45, 2.75) is 63.8 Å². The van der Waals surface area contributed by atoms with E-state index in [9.17, 15) is 22.8 Å². The van der Waals surface area contributed by atoms with Crippen LogP contribution in [0.2, 0.25) is 0 Å². The number of alkyl halides is 3. The largest absolute Gasteiger partial charge is 0.497 e. The topological polar surface area (TPSA) is 58.6 Å². The fourth-order valence-corrected chi connectivity index (χ4v) is 4.91. The Hall–Kier alpha value is -2.55. The molecule has 1 saturated carbocycles. The van der Waals surface area contributed by atoms with Crippen molar-refractivity contribution in [3.05, 3.63) is 51.7 Å². The van der Waals surface area contributed by atoms with Gasteiger partial charge in [-0.15, -0.1) is 11.3 Å². The number of ether oxygens (including phenoxy) is 1. The van der Waals surface area contributed by atoms with Crippen molar-refractivity contribution in [3.8, 4) is 5.75 Å². The maximum absolute atomic E-state index is 13.6. The lowest BCUT2D eigenvalue weighted by atomic mass is 9.95. The Morgan fingerprint density at radius 1 is 1.12 bits per heavy atom. The molecule has 1 fully saturated rings. The summed E-state index contributed by atoms with van der Waals surface area (Å²) in [5.74, 6) is -2.07. The molecule has 0 saturated heterocycles. The number of benzene rings is 1. The molecule has 5 nitrogen and oxygen atoms in total. The van der Waals surface area contributed by atoms with Crippen molar-refractivity contribution >= 4 is 23.2 Å². The van der Waals surface area contributed by atoms with E-state index < -0.39 is 24.0 Å². The number of hydrogen-bond acceptors (Lipinski definition) is 4. The highest BCUT2D eigenvalue weighted by molar-refractivity contribution is 7.12. The molecule has 0 spiro atoms. The monoisotopic (exact) mass is 468 g/mol. The van der Waals surface area contributed by atoms with Crippen molar-refractivity contribution in [2.75, 3.05) is 7.11 Å². The first-order valence-corrected chi connectivity index (χ1v) is 11.4. The summed E-state index contributed by atoms with van der Waals surface area (Å²) in [4.78, 5) is 27.7. The molecule has 0 aliphatic heterocycles. The van der Waals surface area contributed by atoms with Gasteiger partial charge in [-0.3, -0.25) is 9.59 Å². The van der Waals surface area contributed by atoms with Crippen molar-refractivity contribution in [1.29, 1.82) is 0 Å². The summed E-state index contributed by atoms with van der Waals surface area (Å²) in [5, 5.41) is 2.90. The Balaban J connectivity index is 1.96. The smallest absolute Gasteiger partial charge is 0.471 e. The van der Waals surface area contributed by atoms with E-state index in [1.807, 2.05) is 6.92 Å². The van der Waals surface area contributed by atoms with Gasteiger partial charge in [0.15, 0.2) is 0 Å². The van der Waals surface area contributed by atoms with Crippen LogP contribution in [0.1, 0.15) is 53.5 Å². The molecule has 174 valence electrons. The van der Waals surface area contributed by atoms with Crippen LogP contribution in [0.3, 0.4) is 0 Å². The molecule has 1 aromatic heterocycles. The van der Waals surface area contributed by atoms with Gasteiger partial charge in [-0.05, 0) is 49.6 Å². The first-order valence-electron chi connectivity index (χ1n) is 10.6. The first kappa shape index (κ1) is 24.1. The number of hydrogen-bond donors (Lipinski definition) is 1. The summed E-state index contributed by atoms with van der Waals surface area (Å²) < 4.78 is 45.8. The standard InChI is InChI=1S/C23H27F3N2O3S/c1-15-8-13-19(32-15)20(21(29)27-17-6-4-3-5-7-17)28(22(30)23(24,25)26)14-16-9-11-18(31-2)12-10-16/h8-13,17,20H,3-7,14H2,1-2H3,(H,27,29)/t20-/m0/s1. The van der Waals surface area contributed by atoms with Gasteiger partial charge < -0.3 is 15.0 Å². The van der Waals surface area contributed by atoms with Crippen LogP contribution in [0.5, 0.6) is 5.75 Å². The average molecular weight is 469 g/mol. The van der Waals surface area contributed by atoms with E-state index in [2.05, 4.69) is 5.32 Å². The number of aryl methyl sites for hydroxylation is 1. The highest BCUT2D eigenvalue weighted by atomic mass is 32.1. The molecule has 0 bridgehead atoms. The van der Waals surface area contributed by atoms with Gasteiger partial charge in [0.05, 0.1) is 7.11 Å². The van der Waals surface area contributed by atoms with Gasteiger partial charge in [0.25, 0.3) is 0 Å². The summed E-state index contributed by atoms with van der Waals surface area (Å²) in [6.45, 7) is 1.45. The second kappa shape index (κ2) is 10.4. The molecule has 1 aliphatic carbocycles. The van der Waals surface area contributed by atoms with Crippen molar-refractivity contribution in [3.63, 3.8) is 0 Å². The fraction of sp³-hybridized carbons (Fsp3) is 0.478. The van der Waals surface area contributed by atoms with Gasteiger partial charge in [0.2, 0.25) is 5.91 Å². The molecule has 0 radical (unpaired) electrons. The predicted molar refractivity (Wildman–Crippen MR) is 116 cm³/mol. The van der Waals surface area contributed by atoms with Crippen LogP contribution in [0.15, 0.2) is 36.4 Å². The molecule has 1 N–H and O–H groups in total. The molecule has 0 unspecified atom stereocenters. The second-order valence-electron chi connectivity index (χ2n) is 7.97. The van der Waals surface area contributed by atoms with Gasteiger partial charge in [-0.25, -0.2) is 0 Å². The Bertz CT molecular complexity index is 921. The summed E-state index contributed by atoms with van der Waals surface area (Å²) in [7, 11) is 1.49. The van der Waals surface area contributed by atoms with Crippen molar-refractivity contribution in [1.82, 2.24) is 10.2 Å². The molecule has 9 heteroatoms. The number of methoxy groups -OCH3 is 1. The zero-order valence-corrected chi connectivity index (χ0v) is 18.9. The molecule has 32 heavy (non-hydrogen) atoms. The third-order valence-electron chi connectivity index (χ3n) is 5.56. The van der Waals surface area contributed by atoms with Crippen LogP contribution < -0.4 is 10.1 Å². The highest BCUT2D eigenvalue weighted by Gasteiger charge is 2.47. The Morgan fingerprint density at radius 2 is 1.78 bits per heavy atom. The first-order chi connectivity index (χ1) is 15.2. The SMILES string of the molecule is COc1ccc(CN(C(=O)C(F)(F)F)[C@H](C(=O)NC2CCCCC2)c2ccc(C)s2)cc1.